The molecule has 7 nitrogen and oxygen atoms in total. The molecule has 3 rings (SSSR count). The summed E-state index contributed by atoms with van der Waals surface area (Å²) in [5, 5.41) is 3.00. The van der Waals surface area contributed by atoms with Crippen molar-refractivity contribution in [2.45, 2.75) is 64.5 Å². The maximum atomic E-state index is 12.9. The Balaban J connectivity index is 1.63. The lowest BCUT2D eigenvalue weighted by Gasteiger charge is -2.39. The van der Waals surface area contributed by atoms with Crippen LogP contribution in [0, 0.1) is 0 Å². The minimum absolute atomic E-state index is 0.0107. The summed E-state index contributed by atoms with van der Waals surface area (Å²) in [5.74, 6) is -0.614. The van der Waals surface area contributed by atoms with Crippen molar-refractivity contribution in [2.75, 3.05) is 32.7 Å². The molecule has 0 aromatic rings. The van der Waals surface area contributed by atoms with Crippen LogP contribution >= 0.6 is 0 Å². The normalized spacial score (nSPS) is 25.7. The number of carbonyl (C=O) groups is 3. The number of likely N-dealkylation sites (tertiary alicyclic amines) is 2. The molecule has 2 amide bonds. The Bertz CT molecular complexity index is 650. The SMILES string of the molecule is CC(=O)N1CCC2(CC1)OC(=O)C(C)=C2C(=O)NCCN1CCCC[C@H]1C. The number of hydrogen-bond donors (Lipinski definition) is 1. The molecule has 1 N–H and O–H groups in total. The van der Waals surface area contributed by atoms with Gasteiger partial charge in [0.2, 0.25) is 5.91 Å². The number of esters is 1. The molecule has 0 unspecified atom stereocenters. The van der Waals surface area contributed by atoms with Crippen LogP contribution in [0.2, 0.25) is 0 Å². The van der Waals surface area contributed by atoms with Crippen LogP contribution in [-0.4, -0.2) is 72.0 Å². The largest absolute Gasteiger partial charge is 0.450 e. The van der Waals surface area contributed by atoms with Gasteiger partial charge in [-0.15, -0.1) is 0 Å². The van der Waals surface area contributed by atoms with E-state index in [1.165, 1.54) is 26.2 Å². The lowest BCUT2D eigenvalue weighted by atomic mass is 9.82. The van der Waals surface area contributed by atoms with Crippen LogP contribution < -0.4 is 5.32 Å². The molecule has 1 spiro atoms. The van der Waals surface area contributed by atoms with Crippen molar-refractivity contribution >= 4 is 17.8 Å². The van der Waals surface area contributed by atoms with E-state index in [9.17, 15) is 14.4 Å². The second kappa shape index (κ2) is 8.00. The first-order valence-corrected chi connectivity index (χ1v) is 10.1. The molecule has 3 heterocycles. The Morgan fingerprint density at radius 2 is 1.93 bits per heavy atom. The molecule has 1 atom stereocenters. The summed E-state index contributed by atoms with van der Waals surface area (Å²) < 4.78 is 5.66. The van der Waals surface area contributed by atoms with E-state index in [0.717, 1.165) is 13.1 Å². The fourth-order valence-electron chi connectivity index (χ4n) is 4.55. The van der Waals surface area contributed by atoms with Gasteiger partial charge in [-0.2, -0.15) is 0 Å². The van der Waals surface area contributed by atoms with Gasteiger partial charge in [-0.05, 0) is 33.2 Å². The van der Waals surface area contributed by atoms with Crippen LogP contribution in [0.15, 0.2) is 11.1 Å². The second-order valence-electron chi connectivity index (χ2n) is 8.03. The lowest BCUT2D eigenvalue weighted by Crippen LogP contribution is -2.50. The smallest absolute Gasteiger partial charge is 0.335 e. The number of ether oxygens (including phenoxy) is 1. The van der Waals surface area contributed by atoms with Crippen LogP contribution in [0.1, 0.15) is 52.9 Å². The Morgan fingerprint density at radius 1 is 1.22 bits per heavy atom. The molecular formula is C20H31N3O4. The topological polar surface area (TPSA) is 78.9 Å². The molecule has 3 aliphatic heterocycles. The van der Waals surface area contributed by atoms with Crippen LogP contribution in [0.25, 0.3) is 0 Å². The molecule has 0 aliphatic carbocycles. The second-order valence-corrected chi connectivity index (χ2v) is 8.03. The zero-order chi connectivity index (χ0) is 19.6. The molecule has 0 radical (unpaired) electrons. The van der Waals surface area contributed by atoms with E-state index in [1.54, 1.807) is 11.8 Å². The van der Waals surface area contributed by atoms with Crippen molar-refractivity contribution in [3.63, 3.8) is 0 Å². The van der Waals surface area contributed by atoms with Gasteiger partial charge in [0.05, 0.1) is 5.57 Å². The van der Waals surface area contributed by atoms with Gasteiger partial charge in [-0.25, -0.2) is 4.79 Å². The van der Waals surface area contributed by atoms with E-state index < -0.39 is 11.6 Å². The van der Waals surface area contributed by atoms with Gasteiger partial charge in [0.25, 0.3) is 5.91 Å². The first-order valence-electron chi connectivity index (χ1n) is 10.1. The molecule has 0 aromatic carbocycles. The van der Waals surface area contributed by atoms with Gasteiger partial charge in [0.1, 0.15) is 5.60 Å². The van der Waals surface area contributed by atoms with Gasteiger partial charge in [0, 0.05) is 57.6 Å². The summed E-state index contributed by atoms with van der Waals surface area (Å²) in [6.45, 7) is 8.88. The third kappa shape index (κ3) is 4.03. The first kappa shape index (κ1) is 19.9. The molecule has 0 saturated carbocycles. The van der Waals surface area contributed by atoms with Crippen molar-refractivity contribution < 1.29 is 19.1 Å². The predicted octanol–water partition coefficient (Wildman–Crippen LogP) is 1.23. The summed E-state index contributed by atoms with van der Waals surface area (Å²) in [4.78, 5) is 40.8. The minimum atomic E-state index is -0.879. The first-order chi connectivity index (χ1) is 12.8. The molecule has 0 aromatic heterocycles. The Labute approximate surface area is 161 Å². The summed E-state index contributed by atoms with van der Waals surface area (Å²) in [7, 11) is 0. The maximum absolute atomic E-state index is 12.9. The third-order valence-corrected chi connectivity index (χ3v) is 6.29. The van der Waals surface area contributed by atoms with E-state index in [-0.39, 0.29) is 11.8 Å². The van der Waals surface area contributed by atoms with Gasteiger partial charge >= 0.3 is 5.97 Å². The third-order valence-electron chi connectivity index (χ3n) is 6.29. The Hall–Kier alpha value is -1.89. The maximum Gasteiger partial charge on any atom is 0.335 e. The number of rotatable bonds is 4. The monoisotopic (exact) mass is 377 g/mol. The standard InChI is InChI=1S/C20H31N3O4/c1-14-6-4-5-10-22(14)13-9-21-18(25)17-15(2)19(26)27-20(17)7-11-23(12-8-20)16(3)24/h14H,4-13H2,1-3H3,(H,21,25)/t14-/m1/s1. The van der Waals surface area contributed by atoms with Crippen molar-refractivity contribution in [3.05, 3.63) is 11.1 Å². The average molecular weight is 377 g/mol. The van der Waals surface area contributed by atoms with E-state index in [1.807, 2.05) is 0 Å². The van der Waals surface area contributed by atoms with Gasteiger partial charge < -0.3 is 15.0 Å². The number of nitrogens with zero attached hydrogens (tertiary/aromatic N) is 2. The summed E-state index contributed by atoms with van der Waals surface area (Å²) in [6, 6.07) is 0.551. The Kier molecular flexibility index (Phi) is 5.89. The highest BCUT2D eigenvalue weighted by Crippen LogP contribution is 2.41. The van der Waals surface area contributed by atoms with E-state index in [0.29, 0.717) is 49.7 Å². The van der Waals surface area contributed by atoms with Crippen LogP contribution in [0.4, 0.5) is 0 Å². The van der Waals surface area contributed by atoms with Crippen molar-refractivity contribution in [2.24, 2.45) is 0 Å². The van der Waals surface area contributed by atoms with E-state index in [2.05, 4.69) is 17.1 Å². The number of hydrogen-bond acceptors (Lipinski definition) is 5. The summed E-state index contributed by atoms with van der Waals surface area (Å²) >= 11 is 0. The average Bonchev–Trinajstić information content (AvgIpc) is 2.87. The summed E-state index contributed by atoms with van der Waals surface area (Å²) in [6.07, 6.45) is 4.63. The molecule has 0 bridgehead atoms. The Morgan fingerprint density at radius 3 is 2.56 bits per heavy atom. The number of nitrogens with one attached hydrogen (secondary N) is 1. The number of piperidine rings is 2. The number of amides is 2. The zero-order valence-electron chi connectivity index (χ0n) is 16.7. The molecular weight excluding hydrogens is 346 g/mol. The van der Waals surface area contributed by atoms with Gasteiger partial charge in [-0.1, -0.05) is 6.42 Å². The van der Waals surface area contributed by atoms with E-state index >= 15 is 0 Å². The van der Waals surface area contributed by atoms with Crippen molar-refractivity contribution in [1.82, 2.24) is 15.1 Å². The van der Waals surface area contributed by atoms with Crippen LogP contribution in [-0.2, 0) is 19.1 Å². The number of carbonyl (C=O) groups excluding carboxylic acids is 3. The fourth-order valence-corrected chi connectivity index (χ4v) is 4.55. The van der Waals surface area contributed by atoms with Crippen molar-refractivity contribution in [1.29, 1.82) is 0 Å². The quantitative estimate of drug-likeness (QED) is 0.746. The van der Waals surface area contributed by atoms with Gasteiger partial charge in [0.15, 0.2) is 0 Å². The van der Waals surface area contributed by atoms with E-state index in [4.69, 9.17) is 4.74 Å². The molecule has 2 saturated heterocycles. The minimum Gasteiger partial charge on any atom is -0.450 e. The molecule has 7 heteroatoms. The highest BCUT2D eigenvalue weighted by atomic mass is 16.6. The molecule has 3 aliphatic rings. The van der Waals surface area contributed by atoms with Crippen LogP contribution in [0.3, 0.4) is 0 Å². The molecule has 2 fully saturated rings. The highest BCUT2D eigenvalue weighted by molar-refractivity contribution is 6.07. The van der Waals surface area contributed by atoms with Crippen molar-refractivity contribution in [3.8, 4) is 0 Å². The molecule has 27 heavy (non-hydrogen) atoms. The molecule has 150 valence electrons. The van der Waals surface area contributed by atoms with Crippen LogP contribution in [0.5, 0.6) is 0 Å². The summed E-state index contributed by atoms with van der Waals surface area (Å²) in [5.41, 5.74) is -0.0205. The lowest BCUT2D eigenvalue weighted by molar-refractivity contribution is -0.152. The van der Waals surface area contributed by atoms with Gasteiger partial charge in [-0.3, -0.25) is 14.5 Å². The zero-order valence-corrected chi connectivity index (χ0v) is 16.7. The highest BCUT2D eigenvalue weighted by Gasteiger charge is 2.51. The fraction of sp³-hybridized carbons (Fsp3) is 0.750. The predicted molar refractivity (Wildman–Crippen MR) is 101 cm³/mol.